The maximum Gasteiger partial charge on any atom is 0.416 e. The van der Waals surface area contributed by atoms with E-state index in [1.54, 1.807) is 24.4 Å². The van der Waals surface area contributed by atoms with Crippen LogP contribution < -0.4 is 15.2 Å². The number of hydrogen-bond acceptors (Lipinski definition) is 3. The fraction of sp³-hybridized carbons (Fsp3) is 0.136. The summed E-state index contributed by atoms with van der Waals surface area (Å²) in [5, 5.41) is 13.8. The minimum Gasteiger partial charge on any atom is -0.842 e. The number of benzene rings is 1. The van der Waals surface area contributed by atoms with Crippen molar-refractivity contribution in [2.45, 2.75) is 18.6 Å². The maximum absolute atomic E-state index is 13.5. The van der Waals surface area contributed by atoms with Gasteiger partial charge in [0.1, 0.15) is 16.8 Å². The highest BCUT2D eigenvalue weighted by molar-refractivity contribution is 6.29. The molecule has 5 rings (SSSR count). The van der Waals surface area contributed by atoms with Gasteiger partial charge in [0.05, 0.1) is 17.6 Å². The Labute approximate surface area is 178 Å². The lowest BCUT2D eigenvalue weighted by atomic mass is 10.0. The van der Waals surface area contributed by atoms with Crippen molar-refractivity contribution in [2.24, 2.45) is 0 Å². The molecule has 0 aliphatic carbocycles. The van der Waals surface area contributed by atoms with Crippen molar-refractivity contribution in [3.8, 4) is 17.0 Å². The number of pyridine rings is 2. The fourth-order valence-corrected chi connectivity index (χ4v) is 4.22. The third-order valence-electron chi connectivity index (χ3n) is 5.48. The lowest BCUT2D eigenvalue weighted by molar-refractivity contribution is -0.723. The topological polar surface area (TPSA) is 61.3 Å². The molecule has 9 heteroatoms. The number of nitrogens with zero attached hydrogens (tertiary/aromatic N) is 3. The third kappa shape index (κ3) is 3.06. The van der Waals surface area contributed by atoms with E-state index in [2.05, 4.69) is 4.98 Å². The minimum atomic E-state index is -4.60. The Morgan fingerprint density at radius 2 is 1.97 bits per heavy atom. The zero-order valence-corrected chi connectivity index (χ0v) is 16.5. The second-order valence-electron chi connectivity index (χ2n) is 7.30. The van der Waals surface area contributed by atoms with Gasteiger partial charge in [-0.2, -0.15) is 17.6 Å². The lowest BCUT2D eigenvalue weighted by Gasteiger charge is -2.19. The zero-order chi connectivity index (χ0) is 21.9. The molecule has 0 spiro atoms. The first-order chi connectivity index (χ1) is 14.8. The predicted molar refractivity (Wildman–Crippen MR) is 105 cm³/mol. The van der Waals surface area contributed by atoms with Gasteiger partial charge in [-0.3, -0.25) is 0 Å². The van der Waals surface area contributed by atoms with Crippen molar-refractivity contribution < 1.29 is 22.8 Å². The van der Waals surface area contributed by atoms with Gasteiger partial charge in [0.15, 0.2) is 0 Å². The Bertz CT molecular complexity index is 1400. The summed E-state index contributed by atoms with van der Waals surface area (Å²) >= 11 is 5.88. The molecule has 0 bridgehead atoms. The molecule has 156 valence electrons. The van der Waals surface area contributed by atoms with Crippen LogP contribution in [0.3, 0.4) is 0 Å². The molecule has 0 radical (unpaired) electrons. The van der Waals surface area contributed by atoms with Gasteiger partial charge in [0.25, 0.3) is 5.65 Å². The molecule has 3 aromatic heterocycles. The first kappa shape index (κ1) is 19.6. The van der Waals surface area contributed by atoms with Crippen molar-refractivity contribution in [1.82, 2.24) is 9.38 Å². The Morgan fingerprint density at radius 3 is 2.68 bits per heavy atom. The predicted octanol–water partition coefficient (Wildman–Crippen LogP) is 3.54. The smallest absolute Gasteiger partial charge is 0.416 e. The van der Waals surface area contributed by atoms with Crippen LogP contribution >= 0.6 is 11.6 Å². The fourth-order valence-electron chi connectivity index (χ4n) is 4.11. The van der Waals surface area contributed by atoms with E-state index in [-0.39, 0.29) is 11.1 Å². The van der Waals surface area contributed by atoms with Gasteiger partial charge < -0.3 is 5.11 Å². The van der Waals surface area contributed by atoms with E-state index < -0.39 is 29.2 Å². The molecule has 1 aromatic carbocycles. The summed E-state index contributed by atoms with van der Waals surface area (Å²) in [4.78, 5) is 17.2. The first-order valence-corrected chi connectivity index (χ1v) is 9.71. The van der Waals surface area contributed by atoms with Gasteiger partial charge in [0.2, 0.25) is 0 Å². The highest BCUT2D eigenvalue weighted by Gasteiger charge is 2.36. The average molecular weight is 444 g/mol. The first-order valence-electron chi connectivity index (χ1n) is 9.33. The number of rotatable bonds is 2. The summed E-state index contributed by atoms with van der Waals surface area (Å²) in [6, 6.07) is 10.6. The van der Waals surface area contributed by atoms with E-state index >= 15 is 0 Å². The standard InChI is InChI=1S/C22H13ClF3N3O2/c23-17-7-6-14(11-27-17)16-10-13-4-2-8-28-19(13)29(16)21(31)18(20(28)30)12-3-1-5-15(9-12)22(24,25)26/h1-9,11,16H,10H2. The Kier molecular flexibility index (Phi) is 4.30. The van der Waals surface area contributed by atoms with Crippen LogP contribution in [0.15, 0.2) is 65.7 Å². The molecular weight excluding hydrogens is 431 g/mol. The quantitative estimate of drug-likeness (QED) is 0.352. The van der Waals surface area contributed by atoms with Crippen LogP contribution in [0.1, 0.15) is 22.7 Å². The van der Waals surface area contributed by atoms with Gasteiger partial charge in [-0.05, 0) is 35.9 Å². The van der Waals surface area contributed by atoms with Gasteiger partial charge >= 0.3 is 11.7 Å². The zero-order valence-electron chi connectivity index (χ0n) is 15.7. The third-order valence-corrected chi connectivity index (χ3v) is 5.70. The molecule has 5 nitrogen and oxygen atoms in total. The second-order valence-corrected chi connectivity index (χ2v) is 7.68. The molecule has 4 aromatic rings. The molecule has 1 aliphatic heterocycles. The van der Waals surface area contributed by atoms with E-state index in [4.69, 9.17) is 11.6 Å². The molecule has 1 unspecified atom stereocenters. The van der Waals surface area contributed by atoms with E-state index in [1.807, 2.05) is 6.07 Å². The highest BCUT2D eigenvalue weighted by atomic mass is 35.5. The van der Waals surface area contributed by atoms with Crippen LogP contribution in [-0.4, -0.2) is 9.38 Å². The van der Waals surface area contributed by atoms with Crippen LogP contribution in [0.5, 0.6) is 5.88 Å². The van der Waals surface area contributed by atoms with Crippen LogP contribution in [-0.2, 0) is 12.6 Å². The Morgan fingerprint density at radius 1 is 1.16 bits per heavy atom. The van der Waals surface area contributed by atoms with Gasteiger partial charge in [-0.25, -0.2) is 14.3 Å². The molecule has 0 saturated heterocycles. The van der Waals surface area contributed by atoms with E-state index in [1.165, 1.54) is 27.3 Å². The Balaban J connectivity index is 1.81. The van der Waals surface area contributed by atoms with E-state index in [0.29, 0.717) is 22.8 Å². The maximum atomic E-state index is 13.5. The highest BCUT2D eigenvalue weighted by Crippen LogP contribution is 2.35. The molecule has 1 atom stereocenters. The summed E-state index contributed by atoms with van der Waals surface area (Å²) in [5.41, 5.74) is -0.0590. The average Bonchev–Trinajstić information content (AvgIpc) is 3.13. The number of halogens is 4. The molecule has 0 N–H and O–H groups in total. The van der Waals surface area contributed by atoms with Gasteiger partial charge in [0, 0.05) is 23.7 Å². The van der Waals surface area contributed by atoms with Gasteiger partial charge in [-0.15, -0.1) is 0 Å². The van der Waals surface area contributed by atoms with Crippen LogP contribution in [0.25, 0.3) is 16.8 Å². The number of hydrogen-bond donors (Lipinski definition) is 0. The second kappa shape index (κ2) is 6.81. The monoisotopic (exact) mass is 443 g/mol. The van der Waals surface area contributed by atoms with Crippen molar-refractivity contribution in [3.63, 3.8) is 0 Å². The summed E-state index contributed by atoms with van der Waals surface area (Å²) in [5.74, 6) is -0.644. The van der Waals surface area contributed by atoms with Crippen molar-refractivity contribution >= 4 is 17.2 Å². The molecule has 0 fully saturated rings. The minimum absolute atomic E-state index is 0.0757. The largest absolute Gasteiger partial charge is 0.842 e. The lowest BCUT2D eigenvalue weighted by Crippen LogP contribution is -2.45. The van der Waals surface area contributed by atoms with Crippen molar-refractivity contribution in [1.29, 1.82) is 0 Å². The van der Waals surface area contributed by atoms with Gasteiger partial charge in [-0.1, -0.05) is 29.8 Å². The van der Waals surface area contributed by atoms with Crippen LogP contribution in [0.4, 0.5) is 13.2 Å². The van der Waals surface area contributed by atoms with Crippen molar-refractivity contribution in [3.05, 3.63) is 93.1 Å². The molecular formula is C22H13ClF3N3O2. The number of aromatic nitrogens is 3. The SMILES string of the molecule is O=c1c(-c2cccc(C(F)(F)F)c2)c([O-])[n+]2c3c(cccn13)CC2c1ccc(Cl)nc1. The molecule has 31 heavy (non-hydrogen) atoms. The van der Waals surface area contributed by atoms with Crippen LogP contribution in [0.2, 0.25) is 5.15 Å². The van der Waals surface area contributed by atoms with Crippen LogP contribution in [0, 0.1) is 0 Å². The molecule has 4 heterocycles. The van der Waals surface area contributed by atoms with E-state index in [0.717, 1.165) is 17.7 Å². The van der Waals surface area contributed by atoms with Crippen molar-refractivity contribution in [2.75, 3.05) is 0 Å². The molecule has 0 amide bonds. The van der Waals surface area contributed by atoms with E-state index in [9.17, 15) is 23.1 Å². The Hall–Kier alpha value is -3.39. The molecule has 1 aliphatic rings. The number of alkyl halides is 3. The summed E-state index contributed by atoms with van der Waals surface area (Å²) in [7, 11) is 0. The summed E-state index contributed by atoms with van der Waals surface area (Å²) in [6.07, 6.45) is -1.09. The normalized spacial score (nSPS) is 15.5. The molecule has 0 saturated carbocycles. The summed E-state index contributed by atoms with van der Waals surface area (Å²) < 4.78 is 42.4. The summed E-state index contributed by atoms with van der Waals surface area (Å²) in [6.45, 7) is 0.